The molecule has 2 N–H and O–H groups in total. The van der Waals surface area contributed by atoms with Gasteiger partial charge in [-0.2, -0.15) is 0 Å². The van der Waals surface area contributed by atoms with Crippen molar-refractivity contribution in [2.24, 2.45) is 4.99 Å². The normalized spacial score (nSPS) is 21.8. The zero-order valence-electron chi connectivity index (χ0n) is 18.4. The van der Waals surface area contributed by atoms with Crippen molar-refractivity contribution in [3.8, 4) is 5.75 Å². The number of aromatic hydroxyl groups is 1. The number of benzene rings is 2. The molecule has 5 heteroatoms. The topological polar surface area (TPSA) is 47.9 Å². The van der Waals surface area contributed by atoms with Gasteiger partial charge in [0, 0.05) is 47.9 Å². The third kappa shape index (κ3) is 4.27. The molecule has 0 unspecified atom stereocenters. The molecule has 2 aromatic carbocycles. The summed E-state index contributed by atoms with van der Waals surface area (Å²) in [5.74, 6) is 0.286. The molecule has 0 amide bonds. The average molecular weight is 426 g/mol. The molecule has 1 fully saturated rings. The predicted octanol–water partition coefficient (Wildman–Crippen LogP) is 5.39. The summed E-state index contributed by atoms with van der Waals surface area (Å²) in [6, 6.07) is 12.4. The number of hydrogen-bond acceptors (Lipinski definition) is 4. The first kappa shape index (κ1) is 21.4. The number of rotatable bonds is 3. The lowest BCUT2D eigenvalue weighted by atomic mass is 9.86. The van der Waals surface area contributed by atoms with Crippen molar-refractivity contribution in [1.82, 2.24) is 10.2 Å². The van der Waals surface area contributed by atoms with E-state index in [4.69, 9.17) is 16.6 Å². The number of phenols is 1. The number of aryl methyl sites for hydroxylation is 2. The van der Waals surface area contributed by atoms with Gasteiger partial charge in [-0.3, -0.25) is 10.3 Å². The zero-order valence-corrected chi connectivity index (χ0v) is 19.1. The Morgan fingerprint density at radius 2 is 1.87 bits per heavy atom. The molecule has 0 bridgehead atoms. The van der Waals surface area contributed by atoms with E-state index in [1.54, 1.807) is 12.1 Å². The predicted molar refractivity (Wildman–Crippen MR) is 125 cm³/mol. The first-order chi connectivity index (χ1) is 14.3. The lowest BCUT2D eigenvalue weighted by Gasteiger charge is -2.46. The first-order valence-corrected chi connectivity index (χ1v) is 11.3. The molecule has 4 nitrogen and oxygen atoms in total. The zero-order chi connectivity index (χ0) is 21.5. The van der Waals surface area contributed by atoms with Gasteiger partial charge in [-0.05, 0) is 75.9 Å². The van der Waals surface area contributed by atoms with Crippen LogP contribution < -0.4 is 5.32 Å². The van der Waals surface area contributed by atoms with Gasteiger partial charge >= 0.3 is 0 Å². The second kappa shape index (κ2) is 8.33. The fraction of sp³-hybridized carbons (Fsp3) is 0.480. The molecular formula is C25H32ClN3O. The second-order valence-electron chi connectivity index (χ2n) is 9.14. The number of likely N-dealkylation sites (tertiary alicyclic amines) is 1. The molecule has 1 spiro atoms. The maximum Gasteiger partial charge on any atom is 0.120 e. The highest BCUT2D eigenvalue weighted by atomic mass is 35.5. The summed E-state index contributed by atoms with van der Waals surface area (Å²) in [7, 11) is 0. The van der Waals surface area contributed by atoms with Crippen molar-refractivity contribution < 1.29 is 5.11 Å². The Labute approximate surface area is 185 Å². The summed E-state index contributed by atoms with van der Waals surface area (Å²) < 4.78 is 0. The van der Waals surface area contributed by atoms with Crippen LogP contribution in [0.25, 0.3) is 0 Å². The average Bonchev–Trinajstić information content (AvgIpc) is 2.71. The molecule has 1 atom stereocenters. The highest BCUT2D eigenvalue weighted by Gasteiger charge is 2.41. The molecule has 2 aromatic rings. The third-order valence-electron chi connectivity index (χ3n) is 6.61. The minimum atomic E-state index is -0.311. The Balaban J connectivity index is 1.75. The Kier molecular flexibility index (Phi) is 5.93. The van der Waals surface area contributed by atoms with Crippen LogP contribution in [0.3, 0.4) is 0 Å². The molecule has 2 heterocycles. The van der Waals surface area contributed by atoms with Crippen LogP contribution in [0.5, 0.6) is 5.75 Å². The summed E-state index contributed by atoms with van der Waals surface area (Å²) in [6.07, 6.45) is 2.64. The van der Waals surface area contributed by atoms with E-state index in [-0.39, 0.29) is 17.5 Å². The second-order valence-corrected chi connectivity index (χ2v) is 9.58. The minimum Gasteiger partial charge on any atom is -0.508 e. The van der Waals surface area contributed by atoms with E-state index in [1.165, 1.54) is 16.7 Å². The van der Waals surface area contributed by atoms with Crippen LogP contribution in [-0.4, -0.2) is 40.5 Å². The van der Waals surface area contributed by atoms with Gasteiger partial charge in [0.15, 0.2) is 0 Å². The van der Waals surface area contributed by atoms with E-state index in [0.29, 0.717) is 11.1 Å². The molecule has 4 rings (SSSR count). The van der Waals surface area contributed by atoms with Gasteiger partial charge in [0.05, 0.1) is 0 Å². The number of piperidine rings is 1. The Bertz CT molecular complexity index is 961. The SMILES string of the molecule is Cc1ccc(C)c(C2=NC3(CCN(C(C)C)CC3)N[C@H](c3cc(Cl)ccc3O)C2)c1. The standard InChI is InChI=1S/C25H32ClN3O/c1-16(2)29-11-9-25(10-12-29)27-22(20-13-17(3)5-6-18(20)4)15-23(28-25)21-14-19(26)7-8-24(21)30/h5-8,13-14,16,23,28,30H,9-12,15H2,1-4H3/t23-/m0/s1. The van der Waals surface area contributed by atoms with E-state index in [1.807, 2.05) is 6.07 Å². The van der Waals surface area contributed by atoms with Crippen LogP contribution in [0, 0.1) is 13.8 Å². The number of aliphatic imine (C=N–C) groups is 1. The highest BCUT2D eigenvalue weighted by molar-refractivity contribution is 6.30. The van der Waals surface area contributed by atoms with Crippen LogP contribution >= 0.6 is 11.6 Å². The van der Waals surface area contributed by atoms with E-state index < -0.39 is 0 Å². The van der Waals surface area contributed by atoms with Gasteiger partial charge in [-0.25, -0.2) is 0 Å². The lowest BCUT2D eigenvalue weighted by molar-refractivity contribution is 0.103. The first-order valence-electron chi connectivity index (χ1n) is 10.9. The summed E-state index contributed by atoms with van der Waals surface area (Å²) in [6.45, 7) is 10.8. The van der Waals surface area contributed by atoms with Crippen LogP contribution in [-0.2, 0) is 0 Å². The van der Waals surface area contributed by atoms with Gasteiger partial charge in [0.2, 0.25) is 0 Å². The molecule has 0 aromatic heterocycles. The monoisotopic (exact) mass is 425 g/mol. The van der Waals surface area contributed by atoms with Gasteiger partial charge in [-0.1, -0.05) is 29.3 Å². The lowest BCUT2D eigenvalue weighted by Crippen LogP contribution is -2.56. The maximum absolute atomic E-state index is 10.6. The van der Waals surface area contributed by atoms with Crippen LogP contribution in [0.1, 0.15) is 61.4 Å². The molecule has 2 aliphatic rings. The van der Waals surface area contributed by atoms with E-state index >= 15 is 0 Å². The van der Waals surface area contributed by atoms with Crippen molar-refractivity contribution in [3.05, 3.63) is 63.7 Å². The van der Waals surface area contributed by atoms with Crippen molar-refractivity contribution in [3.63, 3.8) is 0 Å². The number of nitrogens with zero attached hydrogens (tertiary/aromatic N) is 2. The van der Waals surface area contributed by atoms with E-state index in [2.05, 4.69) is 56.1 Å². The molecule has 0 aliphatic carbocycles. The smallest absolute Gasteiger partial charge is 0.120 e. The van der Waals surface area contributed by atoms with Crippen LogP contribution in [0.15, 0.2) is 41.4 Å². The van der Waals surface area contributed by atoms with Gasteiger partial charge in [-0.15, -0.1) is 0 Å². The molecule has 160 valence electrons. The van der Waals surface area contributed by atoms with E-state index in [9.17, 15) is 5.11 Å². The molecule has 2 aliphatic heterocycles. The fourth-order valence-corrected chi connectivity index (χ4v) is 4.96. The summed E-state index contributed by atoms with van der Waals surface area (Å²) >= 11 is 6.29. The largest absolute Gasteiger partial charge is 0.508 e. The molecule has 0 saturated carbocycles. The minimum absolute atomic E-state index is 0.0262. The van der Waals surface area contributed by atoms with E-state index in [0.717, 1.165) is 43.6 Å². The van der Waals surface area contributed by atoms with Gasteiger partial charge < -0.3 is 10.0 Å². The molecule has 0 radical (unpaired) electrons. The summed E-state index contributed by atoms with van der Waals surface area (Å²) in [5, 5.41) is 15.1. The fourth-order valence-electron chi connectivity index (χ4n) is 4.78. The molecular weight excluding hydrogens is 394 g/mol. The number of phenolic OH excluding ortho intramolecular Hbond substituents is 1. The van der Waals surface area contributed by atoms with Crippen molar-refractivity contribution in [1.29, 1.82) is 0 Å². The third-order valence-corrected chi connectivity index (χ3v) is 6.85. The van der Waals surface area contributed by atoms with Crippen LogP contribution in [0.2, 0.25) is 5.02 Å². The number of halogens is 1. The number of nitrogens with one attached hydrogen (secondary N) is 1. The number of hydrogen-bond donors (Lipinski definition) is 2. The van der Waals surface area contributed by atoms with Crippen molar-refractivity contribution in [2.75, 3.05) is 13.1 Å². The Morgan fingerprint density at radius 1 is 1.13 bits per heavy atom. The summed E-state index contributed by atoms with van der Waals surface area (Å²) in [4.78, 5) is 7.85. The Morgan fingerprint density at radius 3 is 2.57 bits per heavy atom. The molecule has 1 saturated heterocycles. The van der Waals surface area contributed by atoms with Crippen molar-refractivity contribution in [2.45, 2.75) is 64.7 Å². The maximum atomic E-state index is 10.6. The summed E-state index contributed by atoms with van der Waals surface area (Å²) in [5.41, 5.74) is 5.36. The highest BCUT2D eigenvalue weighted by Crippen LogP contribution is 2.39. The quantitative estimate of drug-likeness (QED) is 0.693. The van der Waals surface area contributed by atoms with Crippen molar-refractivity contribution >= 4 is 17.3 Å². The van der Waals surface area contributed by atoms with Crippen LogP contribution in [0.4, 0.5) is 0 Å². The van der Waals surface area contributed by atoms with Gasteiger partial charge in [0.1, 0.15) is 11.4 Å². The Hall–Kier alpha value is -1.88. The molecule has 30 heavy (non-hydrogen) atoms. The van der Waals surface area contributed by atoms with Gasteiger partial charge in [0.25, 0.3) is 0 Å².